The molecule has 0 aliphatic rings. The Balaban J connectivity index is 2.91. The Morgan fingerprint density at radius 2 is 2.21 bits per heavy atom. The molecule has 2 nitrogen and oxygen atoms in total. The van der Waals surface area contributed by atoms with E-state index in [0.717, 1.165) is 10.0 Å². The normalized spacial score (nSPS) is 11.2. The number of rotatable bonds is 2. The summed E-state index contributed by atoms with van der Waals surface area (Å²) in [4.78, 5) is 11.1. The molecule has 0 saturated heterocycles. The third kappa shape index (κ3) is 3.00. The number of carbonyl (C=O) groups excluding carboxylic acids is 1. The van der Waals surface area contributed by atoms with Crippen LogP contribution in [0, 0.1) is 0 Å². The van der Waals surface area contributed by atoms with Crippen LogP contribution in [-0.4, -0.2) is 13.1 Å². The lowest BCUT2D eigenvalue weighted by Crippen LogP contribution is -2.00. The van der Waals surface area contributed by atoms with Crippen LogP contribution >= 0.6 is 15.9 Å². The fourth-order valence-electron chi connectivity index (χ4n) is 1.07. The van der Waals surface area contributed by atoms with Gasteiger partial charge >= 0.3 is 5.97 Å². The average molecular weight is 255 g/mol. The molecule has 0 atom stereocenters. The maximum absolute atomic E-state index is 11.1. The highest BCUT2D eigenvalue weighted by Gasteiger charge is 2.02. The Hall–Kier alpha value is -1.09. The molecule has 0 saturated carbocycles. The summed E-state index contributed by atoms with van der Waals surface area (Å²) >= 11 is 3.36. The summed E-state index contributed by atoms with van der Waals surface area (Å²) in [5.74, 6) is -0.301. The van der Waals surface area contributed by atoms with E-state index in [1.807, 2.05) is 24.3 Å². The van der Waals surface area contributed by atoms with E-state index in [2.05, 4.69) is 20.7 Å². The molecule has 74 valence electrons. The minimum atomic E-state index is -0.301. The zero-order valence-corrected chi connectivity index (χ0v) is 9.67. The highest BCUT2D eigenvalue weighted by Crippen LogP contribution is 2.14. The standard InChI is InChI=1S/C11H11BrO2/c1-8(11(13)14-2)6-9-4-3-5-10(12)7-9/h3-7H,1-2H3/b8-6+. The largest absolute Gasteiger partial charge is 0.466 e. The van der Waals surface area contributed by atoms with Gasteiger partial charge in [-0.15, -0.1) is 0 Å². The van der Waals surface area contributed by atoms with Crippen LogP contribution in [0.4, 0.5) is 0 Å². The van der Waals surface area contributed by atoms with E-state index >= 15 is 0 Å². The van der Waals surface area contributed by atoms with Crippen molar-refractivity contribution in [1.82, 2.24) is 0 Å². The minimum absolute atomic E-state index is 0.301. The van der Waals surface area contributed by atoms with Gasteiger partial charge in [0.05, 0.1) is 7.11 Å². The highest BCUT2D eigenvalue weighted by atomic mass is 79.9. The first kappa shape index (κ1) is 11.0. The first-order valence-corrected chi connectivity index (χ1v) is 4.95. The number of benzene rings is 1. The molecule has 0 fully saturated rings. The third-order valence-corrected chi connectivity index (χ3v) is 2.23. The van der Waals surface area contributed by atoms with Crippen molar-refractivity contribution in [3.8, 4) is 0 Å². The number of carbonyl (C=O) groups is 1. The van der Waals surface area contributed by atoms with Gasteiger partial charge in [0.2, 0.25) is 0 Å². The minimum Gasteiger partial charge on any atom is -0.466 e. The van der Waals surface area contributed by atoms with Crippen LogP contribution in [0.2, 0.25) is 0 Å². The van der Waals surface area contributed by atoms with Crippen molar-refractivity contribution in [2.45, 2.75) is 6.92 Å². The highest BCUT2D eigenvalue weighted by molar-refractivity contribution is 9.10. The summed E-state index contributed by atoms with van der Waals surface area (Å²) in [6, 6.07) is 7.72. The SMILES string of the molecule is COC(=O)/C(C)=C/c1cccc(Br)c1. The van der Waals surface area contributed by atoms with E-state index < -0.39 is 0 Å². The monoisotopic (exact) mass is 254 g/mol. The molecule has 0 radical (unpaired) electrons. The first-order chi connectivity index (χ1) is 6.63. The molecular weight excluding hydrogens is 244 g/mol. The number of halogens is 1. The molecule has 0 unspecified atom stereocenters. The van der Waals surface area contributed by atoms with Gasteiger partial charge in [0, 0.05) is 10.0 Å². The molecule has 14 heavy (non-hydrogen) atoms. The fourth-order valence-corrected chi connectivity index (χ4v) is 1.48. The fraction of sp³-hybridized carbons (Fsp3) is 0.182. The quantitative estimate of drug-likeness (QED) is 0.599. The van der Waals surface area contributed by atoms with Crippen LogP contribution in [0.25, 0.3) is 6.08 Å². The predicted molar refractivity (Wildman–Crippen MR) is 59.8 cm³/mol. The van der Waals surface area contributed by atoms with Crippen LogP contribution in [0.3, 0.4) is 0 Å². The van der Waals surface area contributed by atoms with Gasteiger partial charge in [0.15, 0.2) is 0 Å². The van der Waals surface area contributed by atoms with Gasteiger partial charge in [-0.3, -0.25) is 0 Å². The van der Waals surface area contributed by atoms with Crippen LogP contribution in [0.15, 0.2) is 34.3 Å². The molecule has 1 aromatic carbocycles. The van der Waals surface area contributed by atoms with E-state index in [9.17, 15) is 4.79 Å². The second-order valence-electron chi connectivity index (χ2n) is 2.87. The van der Waals surface area contributed by atoms with Crippen molar-refractivity contribution in [2.75, 3.05) is 7.11 Å². The van der Waals surface area contributed by atoms with Crippen LogP contribution in [0.5, 0.6) is 0 Å². The summed E-state index contributed by atoms with van der Waals surface area (Å²) in [6.45, 7) is 1.73. The topological polar surface area (TPSA) is 26.3 Å². The summed E-state index contributed by atoms with van der Waals surface area (Å²) in [7, 11) is 1.38. The predicted octanol–water partition coefficient (Wildman–Crippen LogP) is 3.03. The van der Waals surface area contributed by atoms with E-state index in [1.54, 1.807) is 13.0 Å². The molecule has 0 bridgehead atoms. The molecule has 0 heterocycles. The zero-order valence-electron chi connectivity index (χ0n) is 8.08. The van der Waals surface area contributed by atoms with Gasteiger partial charge in [0.25, 0.3) is 0 Å². The van der Waals surface area contributed by atoms with Crippen LogP contribution < -0.4 is 0 Å². The lowest BCUT2D eigenvalue weighted by atomic mass is 10.1. The van der Waals surface area contributed by atoms with Crippen molar-refractivity contribution in [2.24, 2.45) is 0 Å². The molecule has 1 aromatic rings. The van der Waals surface area contributed by atoms with Crippen molar-refractivity contribution in [1.29, 1.82) is 0 Å². The zero-order chi connectivity index (χ0) is 10.6. The summed E-state index contributed by atoms with van der Waals surface area (Å²) in [6.07, 6.45) is 1.79. The van der Waals surface area contributed by atoms with Crippen molar-refractivity contribution in [3.05, 3.63) is 39.9 Å². The second-order valence-corrected chi connectivity index (χ2v) is 3.79. The first-order valence-electron chi connectivity index (χ1n) is 4.15. The Bertz CT molecular complexity index is 369. The van der Waals surface area contributed by atoms with Gasteiger partial charge in [-0.25, -0.2) is 4.79 Å². The van der Waals surface area contributed by atoms with Gasteiger partial charge in [0.1, 0.15) is 0 Å². The summed E-state index contributed by atoms with van der Waals surface area (Å²) < 4.78 is 5.59. The molecule has 0 aliphatic carbocycles. The molecule has 0 spiro atoms. The van der Waals surface area contributed by atoms with Crippen LogP contribution in [0.1, 0.15) is 12.5 Å². The van der Waals surface area contributed by atoms with E-state index in [-0.39, 0.29) is 5.97 Å². The Kier molecular flexibility index (Phi) is 3.89. The van der Waals surface area contributed by atoms with E-state index in [1.165, 1.54) is 7.11 Å². The molecule has 3 heteroatoms. The number of hydrogen-bond acceptors (Lipinski definition) is 2. The number of esters is 1. The van der Waals surface area contributed by atoms with Crippen LogP contribution in [-0.2, 0) is 9.53 Å². The van der Waals surface area contributed by atoms with Crippen molar-refractivity contribution in [3.63, 3.8) is 0 Å². The van der Waals surface area contributed by atoms with E-state index in [0.29, 0.717) is 5.57 Å². The smallest absolute Gasteiger partial charge is 0.333 e. The van der Waals surface area contributed by atoms with Gasteiger partial charge in [-0.1, -0.05) is 28.1 Å². The maximum atomic E-state index is 11.1. The Morgan fingerprint density at radius 3 is 2.79 bits per heavy atom. The van der Waals surface area contributed by atoms with Gasteiger partial charge in [-0.05, 0) is 30.7 Å². The Labute approximate surface area is 91.7 Å². The second kappa shape index (κ2) is 4.96. The third-order valence-electron chi connectivity index (χ3n) is 1.74. The molecule has 0 amide bonds. The van der Waals surface area contributed by atoms with Crippen molar-refractivity contribution < 1.29 is 9.53 Å². The lowest BCUT2D eigenvalue weighted by Gasteiger charge is -1.99. The molecular formula is C11H11BrO2. The molecule has 0 aliphatic heterocycles. The molecule has 0 aromatic heterocycles. The summed E-state index contributed by atoms with van der Waals surface area (Å²) in [5.41, 5.74) is 1.56. The lowest BCUT2D eigenvalue weighted by molar-refractivity contribution is -0.135. The number of methoxy groups -OCH3 is 1. The average Bonchev–Trinajstić information content (AvgIpc) is 2.16. The maximum Gasteiger partial charge on any atom is 0.333 e. The van der Waals surface area contributed by atoms with Crippen molar-refractivity contribution >= 4 is 28.0 Å². The molecule has 0 N–H and O–H groups in total. The summed E-state index contributed by atoms with van der Waals surface area (Å²) in [5, 5.41) is 0. The van der Waals surface area contributed by atoms with E-state index in [4.69, 9.17) is 0 Å². The number of ether oxygens (including phenoxy) is 1. The molecule has 1 rings (SSSR count). The Morgan fingerprint density at radius 1 is 1.50 bits per heavy atom. The van der Waals surface area contributed by atoms with Gasteiger partial charge < -0.3 is 4.74 Å². The number of hydrogen-bond donors (Lipinski definition) is 0. The van der Waals surface area contributed by atoms with Gasteiger partial charge in [-0.2, -0.15) is 0 Å².